The summed E-state index contributed by atoms with van der Waals surface area (Å²) in [6.45, 7) is 3.85. The third kappa shape index (κ3) is 2.30. The summed E-state index contributed by atoms with van der Waals surface area (Å²) >= 11 is 8.59. The number of hydrogen-bond acceptors (Lipinski definition) is 5. The highest BCUT2D eigenvalue weighted by atomic mass is 35.5. The molecule has 4 aromatic rings. The van der Waals surface area contributed by atoms with Gasteiger partial charge in [0.25, 0.3) is 11.1 Å². The maximum absolute atomic E-state index is 12.8. The van der Waals surface area contributed by atoms with Gasteiger partial charge in [-0.25, -0.2) is 9.38 Å². The Bertz CT molecular complexity index is 1270. The fourth-order valence-electron chi connectivity index (χ4n) is 2.58. The molecule has 3 aromatic heterocycles. The first-order chi connectivity index (χ1) is 11.5. The molecule has 0 amide bonds. The Morgan fingerprint density at radius 3 is 2.50 bits per heavy atom. The van der Waals surface area contributed by atoms with E-state index in [-0.39, 0.29) is 11.1 Å². The summed E-state index contributed by atoms with van der Waals surface area (Å²) in [6.07, 6.45) is 1.75. The molecule has 0 aliphatic carbocycles. The van der Waals surface area contributed by atoms with Crippen LogP contribution in [0.2, 0.25) is 5.02 Å². The van der Waals surface area contributed by atoms with Crippen LogP contribution in [-0.2, 0) is 0 Å². The molecule has 120 valence electrons. The summed E-state index contributed by atoms with van der Waals surface area (Å²) in [6, 6.07) is 7.18. The highest BCUT2D eigenvalue weighted by Crippen LogP contribution is 2.26. The lowest BCUT2D eigenvalue weighted by atomic mass is 10.2. The van der Waals surface area contributed by atoms with Gasteiger partial charge in [-0.1, -0.05) is 35.1 Å². The van der Waals surface area contributed by atoms with Gasteiger partial charge in [-0.3, -0.25) is 9.59 Å². The molecule has 4 rings (SSSR count). The molecule has 0 bridgehead atoms. The van der Waals surface area contributed by atoms with Crippen molar-refractivity contribution in [1.29, 1.82) is 0 Å². The van der Waals surface area contributed by atoms with Gasteiger partial charge in [-0.05, 0) is 43.2 Å². The molecule has 0 saturated heterocycles. The number of rotatable bonds is 1. The van der Waals surface area contributed by atoms with Crippen molar-refractivity contribution < 1.29 is 0 Å². The van der Waals surface area contributed by atoms with Crippen LogP contribution in [0.15, 0.2) is 33.9 Å². The van der Waals surface area contributed by atoms with E-state index in [0.717, 1.165) is 16.0 Å². The molecule has 0 atom stereocenters. The van der Waals surface area contributed by atoms with E-state index >= 15 is 0 Å². The van der Waals surface area contributed by atoms with Crippen LogP contribution in [0.1, 0.15) is 16.0 Å². The zero-order valence-electron chi connectivity index (χ0n) is 12.8. The molecule has 4 nitrogen and oxygen atoms in total. The smallest absolute Gasteiger partial charge is 0.268 e. The summed E-state index contributed by atoms with van der Waals surface area (Å²) in [5.74, 6) is 0. The van der Waals surface area contributed by atoms with Crippen LogP contribution in [0.5, 0.6) is 0 Å². The van der Waals surface area contributed by atoms with Crippen molar-refractivity contribution in [3.05, 3.63) is 70.5 Å². The first-order valence-electron chi connectivity index (χ1n) is 7.18. The van der Waals surface area contributed by atoms with E-state index in [0.29, 0.717) is 24.7 Å². The number of fused-ring (bicyclic) bond motifs is 2. The van der Waals surface area contributed by atoms with Crippen molar-refractivity contribution in [1.82, 2.24) is 9.38 Å². The number of hydrogen-bond donors (Lipinski definition) is 0. The molecule has 3 heterocycles. The second kappa shape index (κ2) is 5.51. The first-order valence-corrected chi connectivity index (χ1v) is 9.19. The zero-order chi connectivity index (χ0) is 17.0. The summed E-state index contributed by atoms with van der Waals surface area (Å²) in [5.41, 5.74) is 1.14. The normalized spacial score (nSPS) is 12.5. The van der Waals surface area contributed by atoms with E-state index in [1.54, 1.807) is 18.2 Å². The average Bonchev–Trinajstić information content (AvgIpc) is 3.00. The van der Waals surface area contributed by atoms with Crippen LogP contribution in [0.3, 0.4) is 0 Å². The Kier molecular flexibility index (Phi) is 3.56. The van der Waals surface area contributed by atoms with Crippen LogP contribution in [0.25, 0.3) is 21.3 Å². The summed E-state index contributed by atoms with van der Waals surface area (Å²) in [5, 5.41) is 1.18. The Balaban J connectivity index is 2.07. The maximum atomic E-state index is 12.8. The van der Waals surface area contributed by atoms with Crippen molar-refractivity contribution >= 4 is 55.5 Å². The molecule has 0 unspecified atom stereocenters. The van der Waals surface area contributed by atoms with Crippen LogP contribution in [0.4, 0.5) is 0 Å². The molecule has 0 aliphatic rings. The number of aromatic nitrogens is 2. The standard InChI is InChI=1S/C17H11ClN2O2S2/c1-8-9(2)23-14-13(8)16(22)20-15(21)12(24-17(20)19-14)7-10-3-5-11(18)6-4-10/h3-7H,1-2H3/b12-7+. The molecule has 0 spiro atoms. The van der Waals surface area contributed by atoms with Gasteiger partial charge in [0.2, 0.25) is 4.96 Å². The van der Waals surface area contributed by atoms with Crippen molar-refractivity contribution in [2.24, 2.45) is 0 Å². The first kappa shape index (κ1) is 15.5. The molecule has 0 aliphatic heterocycles. The summed E-state index contributed by atoms with van der Waals surface area (Å²) in [7, 11) is 0. The largest absolute Gasteiger partial charge is 0.277 e. The molecule has 0 fully saturated rings. The zero-order valence-corrected chi connectivity index (χ0v) is 15.2. The number of halogens is 1. The molecule has 0 N–H and O–H groups in total. The molecular formula is C17H11ClN2O2S2. The predicted molar refractivity (Wildman–Crippen MR) is 101 cm³/mol. The number of benzene rings is 1. The number of nitrogens with zero attached hydrogens (tertiary/aromatic N) is 2. The Labute approximate surface area is 149 Å². The maximum Gasteiger partial charge on any atom is 0.277 e. The lowest BCUT2D eigenvalue weighted by molar-refractivity contribution is 1.05. The minimum Gasteiger partial charge on any atom is -0.268 e. The van der Waals surface area contributed by atoms with Crippen molar-refractivity contribution in [3.63, 3.8) is 0 Å². The summed E-state index contributed by atoms with van der Waals surface area (Å²) in [4.78, 5) is 32.1. The van der Waals surface area contributed by atoms with Crippen LogP contribution in [-0.4, -0.2) is 9.38 Å². The topological polar surface area (TPSA) is 51.4 Å². The minimum absolute atomic E-state index is 0.283. The van der Waals surface area contributed by atoms with E-state index < -0.39 is 0 Å². The third-order valence-corrected chi connectivity index (χ3v) is 6.28. The van der Waals surface area contributed by atoms with Crippen molar-refractivity contribution in [3.8, 4) is 0 Å². The monoisotopic (exact) mass is 374 g/mol. The average molecular weight is 375 g/mol. The van der Waals surface area contributed by atoms with E-state index in [4.69, 9.17) is 11.6 Å². The van der Waals surface area contributed by atoms with E-state index in [1.165, 1.54) is 27.1 Å². The van der Waals surface area contributed by atoms with E-state index in [2.05, 4.69) is 4.98 Å². The van der Waals surface area contributed by atoms with Gasteiger partial charge in [-0.15, -0.1) is 11.3 Å². The van der Waals surface area contributed by atoms with Crippen LogP contribution >= 0.6 is 34.3 Å². The minimum atomic E-state index is -0.326. The van der Waals surface area contributed by atoms with Gasteiger partial charge in [0.1, 0.15) is 4.83 Å². The van der Waals surface area contributed by atoms with Gasteiger partial charge < -0.3 is 0 Å². The predicted octanol–water partition coefficient (Wildman–Crippen LogP) is 3.15. The summed E-state index contributed by atoms with van der Waals surface area (Å²) < 4.78 is 1.66. The van der Waals surface area contributed by atoms with Gasteiger partial charge in [0.15, 0.2) is 0 Å². The van der Waals surface area contributed by atoms with Gasteiger partial charge in [-0.2, -0.15) is 0 Å². The fraction of sp³-hybridized carbons (Fsp3) is 0.118. The van der Waals surface area contributed by atoms with Gasteiger partial charge in [0, 0.05) is 9.90 Å². The molecule has 1 aromatic carbocycles. The fourth-order valence-corrected chi connectivity index (χ4v) is 4.74. The molecule has 24 heavy (non-hydrogen) atoms. The van der Waals surface area contributed by atoms with Crippen LogP contribution < -0.4 is 15.7 Å². The lowest BCUT2D eigenvalue weighted by Gasteiger charge is -1.92. The quantitative estimate of drug-likeness (QED) is 0.514. The van der Waals surface area contributed by atoms with E-state index in [1.807, 2.05) is 26.0 Å². The molecule has 7 heteroatoms. The van der Waals surface area contributed by atoms with Crippen molar-refractivity contribution in [2.75, 3.05) is 0 Å². The Hall–Kier alpha value is -2.02. The second-order valence-corrected chi connectivity index (χ2v) is 8.11. The van der Waals surface area contributed by atoms with E-state index in [9.17, 15) is 9.59 Å². The third-order valence-electron chi connectivity index (χ3n) is 3.96. The molecule has 0 saturated carbocycles. The highest BCUT2D eigenvalue weighted by Gasteiger charge is 2.16. The Morgan fingerprint density at radius 1 is 1.08 bits per heavy atom. The number of thiophene rings is 1. The van der Waals surface area contributed by atoms with Gasteiger partial charge in [0.05, 0.1) is 9.92 Å². The lowest BCUT2D eigenvalue weighted by Crippen LogP contribution is -2.31. The van der Waals surface area contributed by atoms with Gasteiger partial charge >= 0.3 is 0 Å². The molecular weight excluding hydrogens is 364 g/mol. The number of aryl methyl sites for hydroxylation is 2. The number of thiazole rings is 1. The highest BCUT2D eigenvalue weighted by molar-refractivity contribution is 7.19. The van der Waals surface area contributed by atoms with Crippen LogP contribution in [0, 0.1) is 13.8 Å². The second-order valence-electron chi connectivity index (χ2n) is 5.47. The van der Waals surface area contributed by atoms with Crippen molar-refractivity contribution in [2.45, 2.75) is 13.8 Å². The molecule has 0 radical (unpaired) electrons. The SMILES string of the molecule is Cc1sc2nc3s/c(=C/c4ccc(Cl)cc4)c(=O)n3c(=O)c2c1C. The Morgan fingerprint density at radius 2 is 1.79 bits per heavy atom.